The standard InChI is InChI=1S/C24H44P4S/c1-13-18(5,6)17-25-27-23(20(9,10)15-3)22(19(7,8)14-2)26(17)24(27,29-28(22)23)21(11,12)16-4/h13-16H2,1-12H3. The van der Waals surface area contributed by atoms with Crippen LogP contribution in [-0.4, -0.2) is 19.1 Å². The summed E-state index contributed by atoms with van der Waals surface area (Å²) in [5.74, 6) is 0. The maximum absolute atomic E-state index is 2.69. The van der Waals surface area contributed by atoms with Gasteiger partial charge in [0.15, 0.2) is 0 Å². The molecule has 0 amide bonds. The van der Waals surface area contributed by atoms with Gasteiger partial charge in [-0.15, -0.1) is 11.4 Å². The molecular weight excluding hydrogens is 444 g/mol. The van der Waals surface area contributed by atoms with Gasteiger partial charge in [-0.2, -0.15) is 0 Å². The number of hydrogen-bond donors (Lipinski definition) is 0. The van der Waals surface area contributed by atoms with Crippen LogP contribution in [0.4, 0.5) is 0 Å². The monoisotopic (exact) mass is 488 g/mol. The van der Waals surface area contributed by atoms with Gasteiger partial charge in [0.25, 0.3) is 0 Å². The van der Waals surface area contributed by atoms with Crippen molar-refractivity contribution in [2.75, 3.05) is 0 Å². The van der Waals surface area contributed by atoms with Crippen LogP contribution in [0.1, 0.15) is 109 Å². The molecule has 4 fully saturated rings. The summed E-state index contributed by atoms with van der Waals surface area (Å²) in [5.41, 5.74) is 1.88. The summed E-state index contributed by atoms with van der Waals surface area (Å²) >= 11 is 2.63. The molecule has 5 heteroatoms. The third kappa shape index (κ3) is 2.18. The Hall–Kier alpha value is 1.81. The second-order valence-electron chi connectivity index (χ2n) is 12.4. The van der Waals surface area contributed by atoms with E-state index < -0.39 is 0 Å². The predicted octanol–water partition coefficient (Wildman–Crippen LogP) is 10.9. The SMILES string of the molecule is CCC(C)(C)C1=PP2C3(C(C)(C)CC)SP4C2(C(C)(C)CC)C4(C(C)(C)CC)P13. The maximum Gasteiger partial charge on any atom is 0.0780 e. The summed E-state index contributed by atoms with van der Waals surface area (Å²) in [5, 5.41) is 2.06. The van der Waals surface area contributed by atoms with Crippen molar-refractivity contribution in [1.29, 1.82) is 0 Å². The third-order valence-electron chi connectivity index (χ3n) is 9.78. The van der Waals surface area contributed by atoms with Crippen molar-refractivity contribution in [1.82, 2.24) is 0 Å². The fourth-order valence-corrected chi connectivity index (χ4v) is 50.0. The van der Waals surface area contributed by atoms with Gasteiger partial charge in [-0.05, 0) is 75.0 Å². The van der Waals surface area contributed by atoms with Crippen molar-refractivity contribution in [3.05, 3.63) is 0 Å². The Morgan fingerprint density at radius 3 is 1.66 bits per heavy atom. The molecule has 0 aromatic rings. The Morgan fingerprint density at radius 2 is 1.21 bits per heavy atom. The zero-order chi connectivity index (χ0) is 22.1. The van der Waals surface area contributed by atoms with Crippen molar-refractivity contribution < 1.29 is 0 Å². The Labute approximate surface area is 191 Å². The molecule has 0 aromatic heterocycles. The van der Waals surface area contributed by atoms with Crippen molar-refractivity contribution in [3.8, 4) is 0 Å². The highest BCUT2D eigenvalue weighted by Crippen LogP contribution is 3.31. The first-order valence-electron chi connectivity index (χ1n) is 11.9. The number of rotatable bonds is 8. The molecule has 29 heavy (non-hydrogen) atoms. The molecule has 6 atom stereocenters. The minimum atomic E-state index is -0.0503. The van der Waals surface area contributed by atoms with Crippen molar-refractivity contribution in [2.24, 2.45) is 21.7 Å². The topological polar surface area (TPSA) is 0 Å². The Bertz CT molecular complexity index is 769. The molecule has 0 radical (unpaired) electrons. The van der Waals surface area contributed by atoms with E-state index in [9.17, 15) is 0 Å². The molecule has 5 aliphatic heterocycles. The van der Waals surface area contributed by atoms with Gasteiger partial charge in [0, 0.05) is 4.90 Å². The first-order chi connectivity index (χ1) is 13.2. The van der Waals surface area contributed by atoms with Crippen LogP contribution >= 0.6 is 41.9 Å². The highest BCUT2D eigenvalue weighted by Gasteiger charge is 3.05. The van der Waals surface area contributed by atoms with E-state index in [0.29, 0.717) is 35.7 Å². The minimum Gasteiger partial charge on any atom is -0.114 e. The number of hydrogen-bond acceptors (Lipinski definition) is 1. The molecule has 0 spiro atoms. The Morgan fingerprint density at radius 1 is 0.724 bits per heavy atom. The van der Waals surface area contributed by atoms with Crippen LogP contribution in [0.2, 0.25) is 0 Å². The van der Waals surface area contributed by atoms with Crippen molar-refractivity contribution in [3.63, 3.8) is 0 Å². The average Bonchev–Trinajstić information content (AvgIpc) is 2.99. The molecule has 0 nitrogen and oxygen atoms in total. The highest BCUT2D eigenvalue weighted by molar-refractivity contribution is 8.77. The van der Waals surface area contributed by atoms with Crippen LogP contribution in [-0.2, 0) is 0 Å². The zero-order valence-electron chi connectivity index (χ0n) is 21.0. The summed E-state index contributed by atoms with van der Waals surface area (Å²) < 4.78 is 0.611. The summed E-state index contributed by atoms with van der Waals surface area (Å²) in [7, 11) is 1.92. The summed E-state index contributed by atoms with van der Waals surface area (Å²) in [6.07, 6.45) is 5.38. The summed E-state index contributed by atoms with van der Waals surface area (Å²) in [4.78, 5) is 1.35. The third-order valence-corrected chi connectivity index (χ3v) is 37.3. The molecule has 4 saturated heterocycles. The molecule has 0 aliphatic carbocycles. The van der Waals surface area contributed by atoms with Crippen LogP contribution in [0.5, 0.6) is 0 Å². The van der Waals surface area contributed by atoms with Gasteiger partial charge < -0.3 is 0 Å². The average molecular weight is 489 g/mol. The van der Waals surface area contributed by atoms with Gasteiger partial charge in [0.2, 0.25) is 0 Å². The fraction of sp³-hybridized carbons (Fsp3) is 0.958. The Kier molecular flexibility index (Phi) is 5.35. The van der Waals surface area contributed by atoms with Gasteiger partial charge in [-0.25, -0.2) is 0 Å². The lowest BCUT2D eigenvalue weighted by Crippen LogP contribution is -2.44. The second kappa shape index (κ2) is 6.48. The van der Waals surface area contributed by atoms with Crippen molar-refractivity contribution in [2.45, 2.75) is 123 Å². The van der Waals surface area contributed by atoms with E-state index in [-0.39, 0.29) is 22.7 Å². The second-order valence-corrected chi connectivity index (χ2v) is 25.6. The first-order valence-corrected chi connectivity index (χ1v) is 18.9. The van der Waals surface area contributed by atoms with Crippen LogP contribution in [0, 0.1) is 21.7 Å². The summed E-state index contributed by atoms with van der Waals surface area (Å²) in [6.45, 7) is 31.2. The van der Waals surface area contributed by atoms with Gasteiger partial charge in [0.05, 0.1) is 9.13 Å². The van der Waals surface area contributed by atoms with Gasteiger partial charge in [-0.1, -0.05) is 91.0 Å². The van der Waals surface area contributed by atoms with E-state index in [0.717, 1.165) is 0 Å². The molecule has 5 rings (SSSR count). The smallest absolute Gasteiger partial charge is 0.0780 e. The predicted molar refractivity (Wildman–Crippen MR) is 145 cm³/mol. The van der Waals surface area contributed by atoms with Crippen LogP contribution in [0.15, 0.2) is 0 Å². The van der Waals surface area contributed by atoms with E-state index in [1.165, 1.54) is 25.7 Å². The van der Waals surface area contributed by atoms with Gasteiger partial charge >= 0.3 is 0 Å². The molecule has 5 heterocycles. The van der Waals surface area contributed by atoms with Crippen molar-refractivity contribution >= 4 is 47.0 Å². The van der Waals surface area contributed by atoms with Crippen LogP contribution in [0.3, 0.4) is 0 Å². The quantitative estimate of drug-likeness (QED) is 0.306. The van der Waals surface area contributed by atoms with E-state index in [1.54, 1.807) is 0 Å². The molecule has 0 N–H and O–H groups in total. The van der Waals surface area contributed by atoms with E-state index in [1.807, 2.05) is 7.89 Å². The highest BCUT2D eigenvalue weighted by atomic mass is 32.7. The van der Waals surface area contributed by atoms with Crippen LogP contribution in [0.25, 0.3) is 0 Å². The Balaban J connectivity index is 2.05. The molecule has 0 saturated carbocycles. The van der Waals surface area contributed by atoms with E-state index in [2.05, 4.69) is 99.5 Å². The fourth-order valence-electron chi connectivity index (χ4n) is 6.36. The molecule has 5 aliphatic rings. The lowest BCUT2D eigenvalue weighted by atomic mass is 9.75. The summed E-state index contributed by atoms with van der Waals surface area (Å²) in [6, 6.07) is 0. The first kappa shape index (κ1) is 24.0. The van der Waals surface area contributed by atoms with Crippen LogP contribution < -0.4 is 0 Å². The lowest BCUT2D eigenvalue weighted by molar-refractivity contribution is 0.246. The molecular formula is C24H44P4S. The van der Waals surface area contributed by atoms with E-state index >= 15 is 0 Å². The lowest BCUT2D eigenvalue weighted by Gasteiger charge is -2.48. The zero-order valence-corrected chi connectivity index (χ0v) is 25.4. The minimum absolute atomic E-state index is 0.0286. The molecule has 166 valence electrons. The maximum atomic E-state index is 2.69. The molecule has 6 bridgehead atoms. The van der Waals surface area contributed by atoms with Gasteiger partial charge in [-0.3, -0.25) is 0 Å². The molecule has 6 unspecified atom stereocenters. The largest absolute Gasteiger partial charge is 0.114 e. The van der Waals surface area contributed by atoms with E-state index in [4.69, 9.17) is 0 Å². The molecule has 0 aromatic carbocycles. The van der Waals surface area contributed by atoms with Gasteiger partial charge in [0.1, 0.15) is 0 Å². The normalized spacial score (nSPS) is 43.7.